The summed E-state index contributed by atoms with van der Waals surface area (Å²) in [5.41, 5.74) is -0.465. The number of halogens is 3. The standard InChI is InChI=1S/C21H20F3N3O2/c22-21(23,24)12-9-10-15(18(29)11-12)19-13-5-1-2-6-14(13)20(27-26-19)25-16-7-3-4-8-17(16)28/h1-2,5-6,9-11,16-17,28-29H,3-4,7-8H2,(H,25,27)/t16-,17-/m1/s1. The Morgan fingerprint density at radius 2 is 1.69 bits per heavy atom. The van der Waals surface area contributed by atoms with E-state index in [1.54, 1.807) is 12.1 Å². The topological polar surface area (TPSA) is 78.3 Å². The third kappa shape index (κ3) is 3.85. The lowest BCUT2D eigenvalue weighted by atomic mass is 9.92. The normalized spacial score (nSPS) is 20.0. The number of rotatable bonds is 3. The van der Waals surface area contributed by atoms with Crippen LogP contribution in [0.1, 0.15) is 31.2 Å². The Labute approximate surface area is 165 Å². The van der Waals surface area contributed by atoms with E-state index in [1.807, 2.05) is 12.1 Å². The molecule has 0 unspecified atom stereocenters. The first-order valence-corrected chi connectivity index (χ1v) is 9.45. The first kappa shape index (κ1) is 19.4. The van der Waals surface area contributed by atoms with Gasteiger partial charge in [0.1, 0.15) is 11.4 Å². The Morgan fingerprint density at radius 3 is 2.38 bits per heavy atom. The SMILES string of the molecule is Oc1cc(C(F)(F)F)ccc1-c1nnc(N[C@@H]2CCCC[C@H]2O)c2ccccc12. The van der Waals surface area contributed by atoms with Crippen LogP contribution in [0, 0.1) is 0 Å². The van der Waals surface area contributed by atoms with Gasteiger partial charge in [0.05, 0.1) is 17.7 Å². The Morgan fingerprint density at radius 1 is 0.966 bits per heavy atom. The molecule has 4 rings (SSSR count). The molecule has 0 aliphatic heterocycles. The molecule has 0 saturated heterocycles. The second-order valence-electron chi connectivity index (χ2n) is 7.28. The molecule has 0 radical (unpaired) electrons. The second-order valence-corrected chi connectivity index (χ2v) is 7.28. The van der Waals surface area contributed by atoms with E-state index in [0.717, 1.165) is 37.1 Å². The van der Waals surface area contributed by atoms with Crippen LogP contribution in [0.2, 0.25) is 0 Å². The minimum Gasteiger partial charge on any atom is -0.507 e. The molecule has 3 aromatic rings. The quantitative estimate of drug-likeness (QED) is 0.589. The molecule has 2 atom stereocenters. The van der Waals surface area contributed by atoms with Gasteiger partial charge >= 0.3 is 6.18 Å². The van der Waals surface area contributed by atoms with Crippen molar-refractivity contribution >= 4 is 16.6 Å². The largest absolute Gasteiger partial charge is 0.507 e. The highest BCUT2D eigenvalue weighted by Crippen LogP contribution is 2.39. The van der Waals surface area contributed by atoms with Crippen molar-refractivity contribution in [2.45, 2.75) is 44.0 Å². The lowest BCUT2D eigenvalue weighted by molar-refractivity contribution is -0.137. The monoisotopic (exact) mass is 403 g/mol. The molecule has 5 nitrogen and oxygen atoms in total. The number of aliphatic hydroxyl groups is 1. The molecular weight excluding hydrogens is 383 g/mol. The number of aromatic hydroxyl groups is 1. The molecular formula is C21H20F3N3O2. The van der Waals surface area contributed by atoms with Crippen LogP contribution in [0.4, 0.5) is 19.0 Å². The number of phenols is 1. The number of anilines is 1. The van der Waals surface area contributed by atoms with E-state index in [9.17, 15) is 23.4 Å². The van der Waals surface area contributed by atoms with Crippen molar-refractivity contribution < 1.29 is 23.4 Å². The van der Waals surface area contributed by atoms with Crippen molar-refractivity contribution in [2.75, 3.05) is 5.32 Å². The highest BCUT2D eigenvalue weighted by Gasteiger charge is 2.31. The summed E-state index contributed by atoms with van der Waals surface area (Å²) in [6.07, 6.45) is -1.48. The van der Waals surface area contributed by atoms with Gasteiger partial charge in [-0.1, -0.05) is 37.1 Å². The fraction of sp³-hybridized carbons (Fsp3) is 0.333. The zero-order chi connectivity index (χ0) is 20.6. The smallest absolute Gasteiger partial charge is 0.416 e. The van der Waals surface area contributed by atoms with E-state index in [1.165, 1.54) is 6.07 Å². The maximum Gasteiger partial charge on any atom is 0.416 e. The number of benzene rings is 2. The molecule has 0 spiro atoms. The van der Waals surface area contributed by atoms with Crippen LogP contribution in [0.15, 0.2) is 42.5 Å². The maximum absolute atomic E-state index is 12.9. The zero-order valence-corrected chi connectivity index (χ0v) is 15.4. The summed E-state index contributed by atoms with van der Waals surface area (Å²) in [7, 11) is 0. The molecule has 0 bridgehead atoms. The van der Waals surface area contributed by atoms with Crippen molar-refractivity contribution in [2.24, 2.45) is 0 Å². The van der Waals surface area contributed by atoms with Gasteiger partial charge in [-0.25, -0.2) is 0 Å². The summed E-state index contributed by atoms with van der Waals surface area (Å²) in [6.45, 7) is 0. The van der Waals surface area contributed by atoms with E-state index in [2.05, 4.69) is 15.5 Å². The number of phenolic OH excluding ortho intramolecular Hbond substituents is 1. The van der Waals surface area contributed by atoms with Gasteiger partial charge in [0.15, 0.2) is 5.82 Å². The fourth-order valence-corrected chi connectivity index (χ4v) is 3.77. The van der Waals surface area contributed by atoms with Crippen molar-refractivity contribution in [1.82, 2.24) is 10.2 Å². The molecule has 1 heterocycles. The van der Waals surface area contributed by atoms with Gasteiger partial charge in [-0.05, 0) is 31.0 Å². The van der Waals surface area contributed by atoms with Crippen LogP contribution >= 0.6 is 0 Å². The van der Waals surface area contributed by atoms with Crippen LogP contribution in [-0.4, -0.2) is 32.6 Å². The Bertz CT molecular complexity index is 1040. The summed E-state index contributed by atoms with van der Waals surface area (Å²) >= 11 is 0. The molecule has 1 fully saturated rings. The highest BCUT2D eigenvalue weighted by molar-refractivity contribution is 6.00. The summed E-state index contributed by atoms with van der Waals surface area (Å²) in [6, 6.07) is 9.88. The minimum atomic E-state index is -4.54. The molecule has 0 amide bonds. The van der Waals surface area contributed by atoms with Gasteiger partial charge in [-0.2, -0.15) is 13.2 Å². The predicted octanol–water partition coefficient (Wildman–Crippen LogP) is 4.74. The number of hydrogen-bond donors (Lipinski definition) is 3. The van der Waals surface area contributed by atoms with E-state index in [0.29, 0.717) is 23.0 Å². The van der Waals surface area contributed by atoms with E-state index in [-0.39, 0.29) is 11.6 Å². The first-order valence-electron chi connectivity index (χ1n) is 9.45. The second kappa shape index (κ2) is 7.51. The molecule has 152 valence electrons. The van der Waals surface area contributed by atoms with Gasteiger partial charge in [0.25, 0.3) is 0 Å². The van der Waals surface area contributed by atoms with Gasteiger partial charge < -0.3 is 15.5 Å². The predicted molar refractivity (Wildman–Crippen MR) is 104 cm³/mol. The van der Waals surface area contributed by atoms with Gasteiger partial charge in [-0.15, -0.1) is 10.2 Å². The minimum absolute atomic E-state index is 0.133. The van der Waals surface area contributed by atoms with Crippen LogP contribution < -0.4 is 5.32 Å². The maximum atomic E-state index is 12.9. The molecule has 3 N–H and O–H groups in total. The average molecular weight is 403 g/mol. The van der Waals surface area contributed by atoms with E-state index < -0.39 is 23.6 Å². The molecule has 29 heavy (non-hydrogen) atoms. The van der Waals surface area contributed by atoms with Gasteiger partial charge in [0.2, 0.25) is 0 Å². The third-order valence-electron chi connectivity index (χ3n) is 5.32. The summed E-state index contributed by atoms with van der Waals surface area (Å²) in [5.74, 6) is -0.00982. The Hall–Kier alpha value is -2.87. The zero-order valence-electron chi connectivity index (χ0n) is 15.4. The summed E-state index contributed by atoms with van der Waals surface area (Å²) in [4.78, 5) is 0. The summed E-state index contributed by atoms with van der Waals surface area (Å²) in [5, 5.41) is 33.5. The van der Waals surface area contributed by atoms with Gasteiger partial charge in [0, 0.05) is 16.3 Å². The van der Waals surface area contributed by atoms with E-state index in [4.69, 9.17) is 0 Å². The lowest BCUT2D eigenvalue weighted by Crippen LogP contribution is -2.36. The van der Waals surface area contributed by atoms with Crippen molar-refractivity contribution in [3.8, 4) is 17.0 Å². The number of aliphatic hydroxyl groups excluding tert-OH is 1. The molecule has 1 aliphatic rings. The number of nitrogens with one attached hydrogen (secondary N) is 1. The molecule has 2 aromatic carbocycles. The van der Waals surface area contributed by atoms with E-state index >= 15 is 0 Å². The average Bonchev–Trinajstić information content (AvgIpc) is 2.69. The Balaban J connectivity index is 1.76. The summed E-state index contributed by atoms with van der Waals surface area (Å²) < 4.78 is 38.7. The lowest BCUT2D eigenvalue weighted by Gasteiger charge is -2.29. The van der Waals surface area contributed by atoms with Gasteiger partial charge in [-0.3, -0.25) is 0 Å². The molecule has 1 aromatic heterocycles. The Kier molecular flexibility index (Phi) is 5.04. The molecule has 1 saturated carbocycles. The number of nitrogens with zero attached hydrogens (tertiary/aromatic N) is 2. The van der Waals surface area contributed by atoms with Crippen molar-refractivity contribution in [1.29, 1.82) is 0 Å². The third-order valence-corrected chi connectivity index (χ3v) is 5.32. The number of fused-ring (bicyclic) bond motifs is 1. The van der Waals surface area contributed by atoms with Crippen LogP contribution in [-0.2, 0) is 6.18 Å². The molecule has 8 heteroatoms. The first-order chi connectivity index (χ1) is 13.8. The fourth-order valence-electron chi connectivity index (χ4n) is 3.77. The number of alkyl halides is 3. The van der Waals surface area contributed by atoms with Crippen LogP contribution in [0.3, 0.4) is 0 Å². The van der Waals surface area contributed by atoms with Crippen LogP contribution in [0.5, 0.6) is 5.75 Å². The highest BCUT2D eigenvalue weighted by atomic mass is 19.4. The van der Waals surface area contributed by atoms with Crippen molar-refractivity contribution in [3.63, 3.8) is 0 Å². The number of aromatic nitrogens is 2. The molecule has 1 aliphatic carbocycles. The van der Waals surface area contributed by atoms with Crippen LogP contribution in [0.25, 0.3) is 22.0 Å². The van der Waals surface area contributed by atoms with Crippen molar-refractivity contribution in [3.05, 3.63) is 48.0 Å². The number of hydrogen-bond acceptors (Lipinski definition) is 5.